The van der Waals surface area contributed by atoms with Crippen LogP contribution in [0.1, 0.15) is 10.4 Å². The number of amides is 1. The number of nitrogens with one attached hydrogen (secondary N) is 1. The number of hydrogen-bond acceptors (Lipinski definition) is 4. The molecule has 0 aliphatic heterocycles. The first-order chi connectivity index (χ1) is 11.7. The number of methoxy groups -OCH3 is 1. The summed E-state index contributed by atoms with van der Waals surface area (Å²) in [6.07, 6.45) is 1.65. The Labute approximate surface area is 141 Å². The second-order valence-corrected chi connectivity index (χ2v) is 4.92. The van der Waals surface area contributed by atoms with Crippen LogP contribution in [0.15, 0.2) is 61.2 Å². The van der Waals surface area contributed by atoms with Gasteiger partial charge in [0.05, 0.1) is 12.3 Å². The highest BCUT2D eigenvalue weighted by molar-refractivity contribution is 6.05. The minimum atomic E-state index is -0.215. The molecule has 0 unspecified atom stereocenters. The molecule has 0 saturated heterocycles. The summed E-state index contributed by atoms with van der Waals surface area (Å²) < 4.78 is 15.9. The highest BCUT2D eigenvalue weighted by Gasteiger charge is 2.09. The lowest BCUT2D eigenvalue weighted by Crippen LogP contribution is -2.13. The molecule has 0 aromatic heterocycles. The molecule has 0 aliphatic rings. The van der Waals surface area contributed by atoms with Crippen LogP contribution >= 0.6 is 0 Å². The Morgan fingerprint density at radius 1 is 1.08 bits per heavy atom. The van der Waals surface area contributed by atoms with Gasteiger partial charge in [0, 0.05) is 12.7 Å². The summed E-state index contributed by atoms with van der Waals surface area (Å²) in [6.45, 7) is 4.98. The van der Waals surface area contributed by atoms with Gasteiger partial charge in [-0.05, 0) is 36.4 Å². The molecule has 5 nitrogen and oxygen atoms in total. The minimum absolute atomic E-state index is 0.215. The summed E-state index contributed by atoms with van der Waals surface area (Å²) >= 11 is 0. The highest BCUT2D eigenvalue weighted by Crippen LogP contribution is 2.24. The number of benzene rings is 2. The number of carbonyl (C=O) groups is 1. The van der Waals surface area contributed by atoms with E-state index in [1.165, 1.54) is 0 Å². The standard InChI is InChI=1S/C19H21NO4/c1-3-12-24-18-7-5-4-6-17(18)20-19(21)15-8-10-16(11-9-15)23-14-13-22-2/h3-11H,1,12-14H2,2H3,(H,20,21). The summed E-state index contributed by atoms with van der Waals surface area (Å²) in [4.78, 5) is 12.4. The van der Waals surface area contributed by atoms with Crippen molar-refractivity contribution in [2.24, 2.45) is 0 Å². The van der Waals surface area contributed by atoms with E-state index in [-0.39, 0.29) is 5.91 Å². The summed E-state index contributed by atoms with van der Waals surface area (Å²) in [5.74, 6) is 1.08. The van der Waals surface area contributed by atoms with Gasteiger partial charge in [0.15, 0.2) is 0 Å². The third-order valence-electron chi connectivity index (χ3n) is 3.16. The molecule has 0 bridgehead atoms. The average Bonchev–Trinajstić information content (AvgIpc) is 2.62. The van der Waals surface area contributed by atoms with Gasteiger partial charge < -0.3 is 19.5 Å². The van der Waals surface area contributed by atoms with Gasteiger partial charge in [0.2, 0.25) is 0 Å². The van der Waals surface area contributed by atoms with E-state index in [1.54, 1.807) is 49.6 Å². The monoisotopic (exact) mass is 327 g/mol. The Hall–Kier alpha value is -2.79. The maximum absolute atomic E-state index is 12.4. The summed E-state index contributed by atoms with van der Waals surface area (Å²) in [6, 6.07) is 14.2. The first kappa shape index (κ1) is 17.6. The molecule has 0 aliphatic carbocycles. The zero-order chi connectivity index (χ0) is 17.2. The maximum Gasteiger partial charge on any atom is 0.255 e. The topological polar surface area (TPSA) is 56.8 Å². The molecular weight excluding hydrogens is 306 g/mol. The summed E-state index contributed by atoms with van der Waals surface area (Å²) in [7, 11) is 1.62. The van der Waals surface area contributed by atoms with E-state index in [1.807, 2.05) is 12.1 Å². The van der Waals surface area contributed by atoms with E-state index >= 15 is 0 Å². The van der Waals surface area contributed by atoms with E-state index in [9.17, 15) is 4.79 Å². The van der Waals surface area contributed by atoms with Crippen LogP contribution in [0.4, 0.5) is 5.69 Å². The quantitative estimate of drug-likeness (QED) is 0.565. The molecule has 2 rings (SSSR count). The van der Waals surface area contributed by atoms with Crippen molar-refractivity contribution in [2.75, 3.05) is 32.2 Å². The number of anilines is 1. The van der Waals surface area contributed by atoms with Crippen molar-refractivity contribution >= 4 is 11.6 Å². The molecule has 1 amide bonds. The van der Waals surface area contributed by atoms with Crippen LogP contribution in [-0.4, -0.2) is 32.8 Å². The molecule has 5 heteroatoms. The third-order valence-corrected chi connectivity index (χ3v) is 3.16. The van der Waals surface area contributed by atoms with Crippen molar-refractivity contribution in [1.82, 2.24) is 0 Å². The summed E-state index contributed by atoms with van der Waals surface area (Å²) in [5.41, 5.74) is 1.15. The predicted molar refractivity (Wildman–Crippen MR) is 93.9 cm³/mol. The van der Waals surface area contributed by atoms with Gasteiger partial charge in [-0.2, -0.15) is 0 Å². The van der Waals surface area contributed by atoms with Gasteiger partial charge in [-0.1, -0.05) is 24.8 Å². The SMILES string of the molecule is C=CCOc1ccccc1NC(=O)c1ccc(OCCOC)cc1. The molecule has 0 spiro atoms. The van der Waals surface area contributed by atoms with Gasteiger partial charge in [-0.3, -0.25) is 4.79 Å². The molecule has 1 N–H and O–H groups in total. The normalized spacial score (nSPS) is 10.0. The van der Waals surface area contributed by atoms with Gasteiger partial charge in [0.25, 0.3) is 5.91 Å². The van der Waals surface area contributed by atoms with Crippen molar-refractivity contribution in [3.63, 3.8) is 0 Å². The molecule has 126 valence electrons. The molecular formula is C19H21NO4. The highest BCUT2D eigenvalue weighted by atomic mass is 16.5. The zero-order valence-electron chi connectivity index (χ0n) is 13.7. The van der Waals surface area contributed by atoms with Gasteiger partial charge in [-0.25, -0.2) is 0 Å². The average molecular weight is 327 g/mol. The number of para-hydroxylation sites is 2. The first-order valence-electron chi connectivity index (χ1n) is 7.60. The Balaban J connectivity index is 2.00. The Bertz CT molecular complexity index is 667. The van der Waals surface area contributed by atoms with Gasteiger partial charge >= 0.3 is 0 Å². The lowest BCUT2D eigenvalue weighted by molar-refractivity contribution is 0.102. The Morgan fingerprint density at radius 2 is 1.83 bits per heavy atom. The van der Waals surface area contributed by atoms with Crippen LogP contribution in [-0.2, 0) is 4.74 Å². The van der Waals surface area contributed by atoms with Crippen molar-refractivity contribution in [1.29, 1.82) is 0 Å². The fraction of sp³-hybridized carbons (Fsp3) is 0.211. The number of ether oxygens (including phenoxy) is 3. The molecule has 0 heterocycles. The van der Waals surface area contributed by atoms with E-state index in [0.29, 0.717) is 42.6 Å². The molecule has 0 atom stereocenters. The molecule has 0 fully saturated rings. The van der Waals surface area contributed by atoms with E-state index < -0.39 is 0 Å². The fourth-order valence-electron chi connectivity index (χ4n) is 1.98. The maximum atomic E-state index is 12.4. The van der Waals surface area contributed by atoms with Crippen molar-refractivity contribution in [3.8, 4) is 11.5 Å². The number of hydrogen-bond donors (Lipinski definition) is 1. The van der Waals surface area contributed by atoms with Crippen LogP contribution in [0, 0.1) is 0 Å². The molecule has 0 saturated carbocycles. The van der Waals surface area contributed by atoms with Crippen LogP contribution in [0.25, 0.3) is 0 Å². The van der Waals surface area contributed by atoms with Crippen molar-refractivity contribution in [3.05, 3.63) is 66.7 Å². The van der Waals surface area contributed by atoms with E-state index in [4.69, 9.17) is 14.2 Å². The number of rotatable bonds is 9. The lowest BCUT2D eigenvalue weighted by atomic mass is 10.2. The van der Waals surface area contributed by atoms with Crippen molar-refractivity contribution in [2.45, 2.75) is 0 Å². The zero-order valence-corrected chi connectivity index (χ0v) is 13.7. The largest absolute Gasteiger partial charge is 0.491 e. The smallest absolute Gasteiger partial charge is 0.255 e. The lowest BCUT2D eigenvalue weighted by Gasteiger charge is -2.11. The van der Waals surface area contributed by atoms with Gasteiger partial charge in [0.1, 0.15) is 24.7 Å². The second kappa shape index (κ2) is 9.37. The van der Waals surface area contributed by atoms with E-state index in [0.717, 1.165) is 0 Å². The van der Waals surface area contributed by atoms with Crippen LogP contribution in [0.5, 0.6) is 11.5 Å². The Morgan fingerprint density at radius 3 is 2.54 bits per heavy atom. The second-order valence-electron chi connectivity index (χ2n) is 4.92. The minimum Gasteiger partial charge on any atom is -0.491 e. The van der Waals surface area contributed by atoms with Crippen molar-refractivity contribution < 1.29 is 19.0 Å². The molecule has 2 aromatic carbocycles. The third kappa shape index (κ3) is 5.14. The molecule has 0 radical (unpaired) electrons. The summed E-state index contributed by atoms with van der Waals surface area (Å²) in [5, 5.41) is 2.85. The van der Waals surface area contributed by atoms with Crippen LogP contribution in [0.3, 0.4) is 0 Å². The van der Waals surface area contributed by atoms with Crippen LogP contribution < -0.4 is 14.8 Å². The van der Waals surface area contributed by atoms with Crippen LogP contribution in [0.2, 0.25) is 0 Å². The molecule has 2 aromatic rings. The van der Waals surface area contributed by atoms with Gasteiger partial charge in [-0.15, -0.1) is 0 Å². The molecule has 24 heavy (non-hydrogen) atoms. The fourth-order valence-corrected chi connectivity index (χ4v) is 1.98. The number of carbonyl (C=O) groups excluding carboxylic acids is 1. The Kier molecular flexibility index (Phi) is 6.86. The van der Waals surface area contributed by atoms with E-state index in [2.05, 4.69) is 11.9 Å². The first-order valence-corrected chi connectivity index (χ1v) is 7.60. The predicted octanol–water partition coefficient (Wildman–Crippen LogP) is 3.53.